The predicted molar refractivity (Wildman–Crippen MR) is 152 cm³/mol. The van der Waals surface area contributed by atoms with Crippen molar-refractivity contribution in [2.45, 2.75) is 30.1 Å². The summed E-state index contributed by atoms with van der Waals surface area (Å²) in [6, 6.07) is -2.37. The summed E-state index contributed by atoms with van der Waals surface area (Å²) in [6.45, 7) is 2.70. The Labute approximate surface area is 258 Å². The quantitative estimate of drug-likeness (QED) is 0.0300. The van der Waals surface area contributed by atoms with Gasteiger partial charge in [-0.2, -0.15) is 0 Å². The van der Waals surface area contributed by atoms with E-state index < -0.39 is 105 Å². The van der Waals surface area contributed by atoms with Crippen LogP contribution in [0.3, 0.4) is 0 Å². The van der Waals surface area contributed by atoms with Gasteiger partial charge in [-0.05, 0) is 0 Å². The molecular formula is C26H31B2FN4O12. The topological polar surface area (TPSA) is 253 Å². The van der Waals surface area contributed by atoms with E-state index in [0.29, 0.717) is 31.2 Å². The number of halogens is 1. The summed E-state index contributed by atoms with van der Waals surface area (Å²) in [4.78, 5) is 39.6. The average molecular weight is 632 g/mol. The molecule has 0 aromatic heterocycles. The molecule has 3 unspecified atom stereocenters. The van der Waals surface area contributed by atoms with Crippen molar-refractivity contribution in [3.63, 3.8) is 0 Å². The minimum Gasteiger partial charge on any atom is -0.505 e. The molecule has 0 bridgehead atoms. The van der Waals surface area contributed by atoms with Crippen molar-refractivity contribution >= 4 is 33.8 Å². The summed E-state index contributed by atoms with van der Waals surface area (Å²) in [5.41, 5.74) is -9.29. The molecule has 16 nitrogen and oxygen atoms in total. The number of hydrogen-bond acceptors (Lipinski definition) is 14. The number of carbonyl (C=O) groups is 3. The number of benzene rings is 1. The molecule has 19 heteroatoms. The number of amides is 2. The Kier molecular flexibility index (Phi) is 10.3. The number of nitrogens with one attached hydrogen (secondary N) is 2. The number of carbonyl (C=O) groups excluding carboxylic acids is 3. The number of nitrogens with zero attached hydrogens (tertiary/aromatic N) is 2. The summed E-state index contributed by atoms with van der Waals surface area (Å²) in [6.07, 6.45) is -0.402. The van der Waals surface area contributed by atoms with Gasteiger partial charge in [0.05, 0.1) is 47.5 Å². The molecule has 1 aromatic rings. The van der Waals surface area contributed by atoms with E-state index in [-0.39, 0.29) is 12.1 Å². The molecule has 2 aliphatic heterocycles. The van der Waals surface area contributed by atoms with Crippen LogP contribution in [0, 0.1) is 5.82 Å². The highest BCUT2D eigenvalue weighted by Gasteiger charge is 2.55. The van der Waals surface area contributed by atoms with Crippen LogP contribution in [0.5, 0.6) is 17.2 Å². The van der Waals surface area contributed by atoms with Gasteiger partial charge < -0.3 is 65.9 Å². The van der Waals surface area contributed by atoms with Crippen LogP contribution in [-0.2, 0) is 32.2 Å². The molecule has 3 rings (SSSR count). The number of hydrogen-bond donors (Lipinski definition) is 10. The molecule has 240 valence electrons. The number of morpholine rings is 1. The summed E-state index contributed by atoms with van der Waals surface area (Å²) in [5, 5.41) is 87.9. The second-order valence-corrected chi connectivity index (χ2v) is 10.3. The molecule has 0 saturated carbocycles. The van der Waals surface area contributed by atoms with Gasteiger partial charge in [-0.15, -0.1) is 0 Å². The normalized spacial score (nSPS) is 21.3. The molecule has 2 amide bonds. The smallest absolute Gasteiger partial charge is 0.259 e. The molecule has 2 aliphatic rings. The van der Waals surface area contributed by atoms with Crippen molar-refractivity contribution in [1.82, 2.24) is 20.4 Å². The summed E-state index contributed by atoms with van der Waals surface area (Å²) < 4.78 is 20.4. The van der Waals surface area contributed by atoms with Crippen LogP contribution in [0.1, 0.15) is 11.1 Å². The van der Waals surface area contributed by atoms with Gasteiger partial charge >= 0.3 is 0 Å². The third kappa shape index (κ3) is 6.51. The lowest BCUT2D eigenvalue weighted by molar-refractivity contribution is -0.154. The fourth-order valence-corrected chi connectivity index (χ4v) is 4.76. The van der Waals surface area contributed by atoms with Crippen LogP contribution in [0.15, 0.2) is 35.1 Å². The molecule has 2 heterocycles. The molecule has 2 saturated heterocycles. The molecule has 2 fully saturated rings. The van der Waals surface area contributed by atoms with Crippen molar-refractivity contribution in [3.8, 4) is 17.2 Å². The second kappa shape index (κ2) is 13.3. The monoisotopic (exact) mass is 632 g/mol. The molecule has 0 spiro atoms. The van der Waals surface area contributed by atoms with Gasteiger partial charge in [-0.3, -0.25) is 14.5 Å². The number of likely N-dealkylation sites (N-methyl/N-ethyl adjacent to an activating group) is 1. The van der Waals surface area contributed by atoms with E-state index >= 15 is 4.39 Å². The van der Waals surface area contributed by atoms with Gasteiger partial charge in [0, 0.05) is 38.8 Å². The molecule has 1 aromatic carbocycles. The standard InChI is InChI=1S/C26H31B2FN4O12/c1-11(35)17(36)15-13(9-33(24(15)42)21(23(41)30-2)26(28,44)25(27,43)10-34)22(40)31-7-12-16(29)18(37)14(20(39)19(12)38)8-32-3-5-45-6-4-32/h10,21,31,35-40,43-44H,1,3-9H2,2H3,(H,30,41)/b17-15-,22-13-. The number of ether oxygens (including phenoxy) is 1. The highest BCUT2D eigenvalue weighted by atomic mass is 19.1. The predicted octanol–water partition coefficient (Wildman–Crippen LogP) is -2.61. The molecule has 3 atom stereocenters. The first-order valence-electron chi connectivity index (χ1n) is 13.2. The Morgan fingerprint density at radius 2 is 1.69 bits per heavy atom. The van der Waals surface area contributed by atoms with Gasteiger partial charge in [-0.25, -0.2) is 4.39 Å². The van der Waals surface area contributed by atoms with Crippen LogP contribution < -0.4 is 10.6 Å². The van der Waals surface area contributed by atoms with Crippen molar-refractivity contribution in [2.24, 2.45) is 0 Å². The largest absolute Gasteiger partial charge is 0.505 e. The summed E-state index contributed by atoms with van der Waals surface area (Å²) in [5.74, 6) is -10.2. The fourth-order valence-electron chi connectivity index (χ4n) is 4.76. The molecular weight excluding hydrogens is 601 g/mol. The van der Waals surface area contributed by atoms with Crippen molar-refractivity contribution in [3.05, 3.63) is 52.1 Å². The molecule has 0 aliphatic carbocycles. The molecule has 4 radical (unpaired) electrons. The number of likely N-dealkylation sites (tertiary alicyclic amines) is 1. The van der Waals surface area contributed by atoms with E-state index in [9.17, 15) is 55.2 Å². The van der Waals surface area contributed by atoms with E-state index in [1.165, 1.54) is 0 Å². The first kappa shape index (κ1) is 35.0. The lowest BCUT2D eigenvalue weighted by Crippen LogP contribution is -2.71. The van der Waals surface area contributed by atoms with Crippen molar-refractivity contribution < 1.29 is 64.4 Å². The third-order valence-corrected chi connectivity index (χ3v) is 7.42. The maximum absolute atomic E-state index is 15.2. The average Bonchev–Trinajstić information content (AvgIpc) is 3.33. The van der Waals surface area contributed by atoms with Crippen LogP contribution in [0.2, 0.25) is 0 Å². The molecule has 10 N–H and O–H groups in total. The number of phenolic OH excluding ortho intramolecular Hbond substituents is 3. The second-order valence-electron chi connectivity index (χ2n) is 10.3. The molecule has 45 heavy (non-hydrogen) atoms. The third-order valence-electron chi connectivity index (χ3n) is 7.42. The van der Waals surface area contributed by atoms with Crippen LogP contribution >= 0.6 is 0 Å². The first-order valence-corrected chi connectivity index (χ1v) is 13.2. The maximum atomic E-state index is 15.2. The Balaban J connectivity index is 2.04. The minimum absolute atomic E-state index is 0.132. The van der Waals surface area contributed by atoms with Gasteiger partial charge in [-0.1, -0.05) is 6.58 Å². The van der Waals surface area contributed by atoms with E-state index in [1.54, 1.807) is 4.90 Å². The van der Waals surface area contributed by atoms with Gasteiger partial charge in [0.15, 0.2) is 40.5 Å². The Hall–Kier alpha value is -4.45. The zero-order valence-corrected chi connectivity index (χ0v) is 23.9. The zero-order valence-electron chi connectivity index (χ0n) is 23.9. The highest BCUT2D eigenvalue weighted by molar-refractivity contribution is 6.33. The van der Waals surface area contributed by atoms with E-state index in [2.05, 4.69) is 17.2 Å². The van der Waals surface area contributed by atoms with Crippen molar-refractivity contribution in [2.75, 3.05) is 39.9 Å². The Morgan fingerprint density at radius 3 is 2.22 bits per heavy atom. The number of aliphatic hydroxyl groups is 5. The van der Waals surface area contributed by atoms with Crippen molar-refractivity contribution in [1.29, 1.82) is 0 Å². The summed E-state index contributed by atoms with van der Waals surface area (Å²) in [7, 11) is 12.1. The van der Waals surface area contributed by atoms with E-state index in [0.717, 1.165) is 7.05 Å². The van der Waals surface area contributed by atoms with Crippen LogP contribution in [0.25, 0.3) is 0 Å². The first-order chi connectivity index (χ1) is 20.9. The number of aliphatic hydroxyl groups excluding tert-OH is 3. The van der Waals surface area contributed by atoms with Gasteiger partial charge in [0.2, 0.25) is 5.91 Å². The number of phenols is 3. The zero-order chi connectivity index (χ0) is 34.0. The SMILES string of the molecule is [B]C(O)(C=O)C([B])(O)C(C(=O)NC)N1CC(=C(/O)NCc2c(O)c(O)c(CN3CCOCC3)c(O)c2F)/C(=C(/O)C(=C)O)C1=O. The van der Waals surface area contributed by atoms with Gasteiger partial charge in [0.1, 0.15) is 28.0 Å². The lowest BCUT2D eigenvalue weighted by Gasteiger charge is -2.44. The van der Waals surface area contributed by atoms with E-state index in [1.807, 2.05) is 0 Å². The number of aromatic hydroxyl groups is 3. The van der Waals surface area contributed by atoms with Gasteiger partial charge in [0.25, 0.3) is 5.91 Å². The summed E-state index contributed by atoms with van der Waals surface area (Å²) >= 11 is 0. The number of aldehydes is 1. The lowest BCUT2D eigenvalue weighted by atomic mass is 9.55. The van der Waals surface area contributed by atoms with Crippen LogP contribution in [0.4, 0.5) is 4.39 Å². The maximum Gasteiger partial charge on any atom is 0.259 e. The Morgan fingerprint density at radius 1 is 1.11 bits per heavy atom. The highest BCUT2D eigenvalue weighted by Crippen LogP contribution is 2.42. The number of rotatable bonds is 11. The van der Waals surface area contributed by atoms with Crippen LogP contribution in [-0.4, -0.2) is 141 Å². The minimum atomic E-state index is -3.38. The van der Waals surface area contributed by atoms with E-state index in [4.69, 9.17) is 20.4 Å². The fraction of sp³-hybridized carbons (Fsp3) is 0.423. The Bertz CT molecular complexity index is 1430.